The van der Waals surface area contributed by atoms with Crippen LogP contribution in [0.5, 0.6) is 5.75 Å². The molecule has 0 amide bonds. The van der Waals surface area contributed by atoms with E-state index in [-0.39, 0.29) is 11.5 Å². The van der Waals surface area contributed by atoms with Gasteiger partial charge < -0.3 is 4.74 Å². The van der Waals surface area contributed by atoms with E-state index < -0.39 is 0 Å². The van der Waals surface area contributed by atoms with Gasteiger partial charge in [-0.1, -0.05) is 34.8 Å². The first-order valence-corrected chi connectivity index (χ1v) is 6.08. The Morgan fingerprint density at radius 2 is 1.60 bits per heavy atom. The predicted molar refractivity (Wildman–Crippen MR) is 64.8 cm³/mol. The number of hydrogen-bond donors (Lipinski definition) is 0. The van der Waals surface area contributed by atoms with Crippen molar-refractivity contribution < 1.29 is 4.74 Å². The van der Waals surface area contributed by atoms with Gasteiger partial charge in [-0.2, -0.15) is 0 Å². The molecule has 1 aromatic carbocycles. The first-order chi connectivity index (χ1) is 7.06. The summed E-state index contributed by atoms with van der Waals surface area (Å²) in [7, 11) is 0. The second-order valence-corrected chi connectivity index (χ2v) is 5.38. The third kappa shape index (κ3) is 2.65. The zero-order valence-corrected chi connectivity index (χ0v) is 10.7. The summed E-state index contributed by atoms with van der Waals surface area (Å²) in [6.07, 6.45) is 1.77. The van der Waals surface area contributed by atoms with Gasteiger partial charge in [-0.25, -0.2) is 0 Å². The lowest BCUT2D eigenvalue weighted by Gasteiger charge is -2.31. The number of hydrogen-bond acceptors (Lipinski definition) is 1. The van der Waals surface area contributed by atoms with E-state index in [2.05, 4.69) is 0 Å². The van der Waals surface area contributed by atoms with Crippen LogP contribution in [0.3, 0.4) is 0 Å². The van der Waals surface area contributed by atoms with Gasteiger partial charge in [0.15, 0.2) is 5.75 Å². The van der Waals surface area contributed by atoms with E-state index in [9.17, 15) is 0 Å². The van der Waals surface area contributed by atoms with E-state index in [1.165, 1.54) is 0 Å². The summed E-state index contributed by atoms with van der Waals surface area (Å²) in [6, 6.07) is 3.22. The molecule has 1 aliphatic rings. The van der Waals surface area contributed by atoms with E-state index >= 15 is 0 Å². The average Bonchev–Trinajstić information content (AvgIpc) is 2.07. The van der Waals surface area contributed by atoms with E-state index in [0.29, 0.717) is 20.8 Å². The molecule has 2 rings (SSSR count). The fraction of sp³-hybridized carbons (Fsp3) is 0.400. The molecule has 0 unspecified atom stereocenters. The number of alkyl halides is 1. The molecule has 0 N–H and O–H groups in total. The maximum absolute atomic E-state index is 5.97. The molecule has 0 spiro atoms. The summed E-state index contributed by atoms with van der Waals surface area (Å²) < 4.78 is 5.63. The van der Waals surface area contributed by atoms with Crippen LogP contribution in [0, 0.1) is 0 Å². The molecule has 0 radical (unpaired) electrons. The van der Waals surface area contributed by atoms with Crippen LogP contribution in [-0.4, -0.2) is 11.5 Å². The molecule has 1 fully saturated rings. The second kappa shape index (κ2) is 4.58. The van der Waals surface area contributed by atoms with Crippen molar-refractivity contribution in [3.05, 3.63) is 27.2 Å². The van der Waals surface area contributed by atoms with Crippen molar-refractivity contribution in [2.75, 3.05) is 0 Å². The normalized spacial score (nSPS) is 24.8. The molecule has 0 saturated heterocycles. The Kier molecular flexibility index (Phi) is 3.56. The van der Waals surface area contributed by atoms with Gasteiger partial charge in [0.05, 0.1) is 10.0 Å². The summed E-state index contributed by atoms with van der Waals surface area (Å²) in [6.45, 7) is 0. The molecule has 5 heteroatoms. The molecule has 82 valence electrons. The van der Waals surface area contributed by atoms with E-state index in [0.717, 1.165) is 12.8 Å². The van der Waals surface area contributed by atoms with Crippen molar-refractivity contribution in [1.29, 1.82) is 0 Å². The van der Waals surface area contributed by atoms with Crippen LogP contribution in [-0.2, 0) is 0 Å². The van der Waals surface area contributed by atoms with Crippen molar-refractivity contribution in [3.8, 4) is 5.75 Å². The monoisotopic (exact) mass is 284 g/mol. The zero-order chi connectivity index (χ0) is 11.0. The molecule has 15 heavy (non-hydrogen) atoms. The van der Waals surface area contributed by atoms with Crippen LogP contribution in [0.4, 0.5) is 0 Å². The molecule has 0 heterocycles. The topological polar surface area (TPSA) is 9.23 Å². The SMILES string of the molecule is Clc1cc(Cl)c(OC2CC(Cl)C2)c(Cl)c1. The fourth-order valence-electron chi connectivity index (χ4n) is 1.41. The molecule has 1 aliphatic carbocycles. The highest BCUT2D eigenvalue weighted by Gasteiger charge is 2.30. The molecular weight excluding hydrogens is 278 g/mol. The van der Waals surface area contributed by atoms with Gasteiger partial charge in [-0.3, -0.25) is 0 Å². The highest BCUT2D eigenvalue weighted by atomic mass is 35.5. The minimum Gasteiger partial charge on any atom is -0.487 e. The van der Waals surface area contributed by atoms with Crippen molar-refractivity contribution in [1.82, 2.24) is 0 Å². The third-order valence-corrected chi connectivity index (χ3v) is 3.42. The Morgan fingerprint density at radius 3 is 2.07 bits per heavy atom. The van der Waals surface area contributed by atoms with Crippen molar-refractivity contribution in [2.24, 2.45) is 0 Å². The van der Waals surface area contributed by atoms with Gasteiger partial charge in [-0.15, -0.1) is 11.6 Å². The first kappa shape index (κ1) is 11.7. The molecule has 0 aliphatic heterocycles. The second-order valence-electron chi connectivity index (χ2n) is 3.51. The lowest BCUT2D eigenvalue weighted by Crippen LogP contribution is -2.34. The number of halogens is 4. The molecule has 1 nitrogen and oxygen atoms in total. The van der Waals surface area contributed by atoms with E-state index in [1.54, 1.807) is 12.1 Å². The maximum Gasteiger partial charge on any atom is 0.156 e. The number of rotatable bonds is 2. The van der Waals surface area contributed by atoms with Crippen LogP contribution in [0.25, 0.3) is 0 Å². The smallest absolute Gasteiger partial charge is 0.156 e. The first-order valence-electron chi connectivity index (χ1n) is 4.51. The molecule has 0 atom stereocenters. The molecular formula is C10H8Cl4O. The predicted octanol–water partition coefficient (Wildman–Crippen LogP) is 4.80. The van der Waals surface area contributed by atoms with Crippen LogP contribution in [0.2, 0.25) is 15.1 Å². The lowest BCUT2D eigenvalue weighted by atomic mass is 9.95. The van der Waals surface area contributed by atoms with Gasteiger partial charge in [-0.05, 0) is 12.1 Å². The highest BCUT2D eigenvalue weighted by molar-refractivity contribution is 6.40. The van der Waals surface area contributed by atoms with Crippen molar-refractivity contribution in [2.45, 2.75) is 24.3 Å². The van der Waals surface area contributed by atoms with E-state index in [1.807, 2.05) is 0 Å². The fourth-order valence-corrected chi connectivity index (χ4v) is 2.71. The quantitative estimate of drug-likeness (QED) is 0.710. The van der Waals surface area contributed by atoms with Gasteiger partial charge in [0.1, 0.15) is 6.10 Å². The molecule has 0 bridgehead atoms. The lowest BCUT2D eigenvalue weighted by molar-refractivity contribution is 0.124. The molecule has 1 aromatic rings. The zero-order valence-electron chi connectivity index (χ0n) is 7.64. The van der Waals surface area contributed by atoms with Crippen molar-refractivity contribution >= 4 is 46.4 Å². The summed E-state index contributed by atoms with van der Waals surface area (Å²) >= 11 is 23.6. The Labute approximate surface area is 108 Å². The minimum atomic E-state index is 0.115. The minimum absolute atomic E-state index is 0.115. The van der Waals surface area contributed by atoms with Gasteiger partial charge in [0.25, 0.3) is 0 Å². The highest BCUT2D eigenvalue weighted by Crippen LogP contribution is 2.39. The Hall–Kier alpha value is 0.180. The maximum atomic E-state index is 5.97. The van der Waals surface area contributed by atoms with E-state index in [4.69, 9.17) is 51.1 Å². The van der Waals surface area contributed by atoms with Gasteiger partial charge >= 0.3 is 0 Å². The summed E-state index contributed by atoms with van der Waals surface area (Å²) in [5.74, 6) is 0.497. The van der Waals surface area contributed by atoms with Gasteiger partial charge in [0.2, 0.25) is 0 Å². The Morgan fingerprint density at radius 1 is 1.07 bits per heavy atom. The van der Waals surface area contributed by atoms with Crippen molar-refractivity contribution in [3.63, 3.8) is 0 Å². The Balaban J connectivity index is 2.14. The average molecular weight is 286 g/mol. The third-order valence-electron chi connectivity index (χ3n) is 2.28. The standard InChI is InChI=1S/C10H8Cl4O/c11-5-1-7(2-5)15-10-8(13)3-6(12)4-9(10)14/h3-5,7H,1-2H2. The summed E-state index contributed by atoms with van der Waals surface area (Å²) in [5.41, 5.74) is 0. The van der Waals surface area contributed by atoms with Crippen LogP contribution in [0.15, 0.2) is 12.1 Å². The van der Waals surface area contributed by atoms with Crippen LogP contribution >= 0.6 is 46.4 Å². The largest absolute Gasteiger partial charge is 0.487 e. The van der Waals surface area contributed by atoms with Crippen LogP contribution < -0.4 is 4.74 Å². The van der Waals surface area contributed by atoms with Gasteiger partial charge in [0, 0.05) is 23.2 Å². The Bertz CT molecular complexity index is 351. The summed E-state index contributed by atoms with van der Waals surface area (Å²) in [4.78, 5) is 0. The number of ether oxygens (including phenoxy) is 1. The number of benzene rings is 1. The van der Waals surface area contributed by atoms with Crippen LogP contribution in [0.1, 0.15) is 12.8 Å². The molecule has 1 saturated carbocycles. The summed E-state index contributed by atoms with van der Waals surface area (Å²) in [5, 5.41) is 1.58. The molecule has 0 aromatic heterocycles.